The quantitative estimate of drug-likeness (QED) is 0.669. The van der Waals surface area contributed by atoms with E-state index in [4.69, 9.17) is 5.26 Å². The van der Waals surface area contributed by atoms with E-state index in [0.717, 1.165) is 11.5 Å². The van der Waals surface area contributed by atoms with Crippen LogP contribution in [0.2, 0.25) is 0 Å². The lowest BCUT2D eigenvalue weighted by Crippen LogP contribution is -1.94. The Hall–Kier alpha value is -1.60. The molecule has 0 aromatic heterocycles. The third-order valence-corrected chi connectivity index (χ3v) is 2.82. The van der Waals surface area contributed by atoms with Gasteiger partial charge in [0.25, 0.3) is 0 Å². The molecule has 0 N–H and O–H groups in total. The molecule has 0 aliphatic heterocycles. The average molecular weight is 193 g/mol. The Kier molecular flexibility index (Phi) is 2.83. The van der Waals surface area contributed by atoms with Gasteiger partial charge in [0.15, 0.2) is 0 Å². The number of allylic oxidation sites excluding steroid dienone is 1. The van der Waals surface area contributed by atoms with Crippen LogP contribution < -0.4 is 0 Å². The number of sulfone groups is 1. The molecule has 0 bridgehead atoms. The molecular formula is C9H7NO2S. The molecule has 0 aliphatic rings. The summed E-state index contributed by atoms with van der Waals surface area (Å²) in [7, 11) is -3.43. The Morgan fingerprint density at radius 1 is 1.23 bits per heavy atom. The second kappa shape index (κ2) is 3.87. The molecule has 0 amide bonds. The molecule has 1 aromatic carbocycles. The summed E-state index contributed by atoms with van der Waals surface area (Å²) in [5.74, 6) is 0. The Labute approximate surface area is 76.9 Å². The molecule has 0 unspecified atom stereocenters. The molecule has 4 heteroatoms. The summed E-state index contributed by atoms with van der Waals surface area (Å²) in [4.78, 5) is 0.196. The minimum Gasteiger partial charge on any atom is -0.219 e. The maximum atomic E-state index is 11.4. The third-order valence-electron chi connectivity index (χ3n) is 1.39. The zero-order chi connectivity index (χ0) is 9.73. The maximum absolute atomic E-state index is 11.4. The standard InChI is InChI=1S/C9H7NO2S/c10-7-4-8-13(11,12)9-5-2-1-3-6-9/h1-6,8H/b8-4+. The highest BCUT2D eigenvalue weighted by molar-refractivity contribution is 7.94. The van der Waals surface area contributed by atoms with E-state index in [9.17, 15) is 8.42 Å². The lowest BCUT2D eigenvalue weighted by atomic mass is 10.4. The normalized spacial score (nSPS) is 11.3. The first-order valence-corrected chi connectivity index (χ1v) is 5.08. The summed E-state index contributed by atoms with van der Waals surface area (Å²) in [6.45, 7) is 0. The predicted molar refractivity (Wildman–Crippen MR) is 48.4 cm³/mol. The first kappa shape index (κ1) is 9.49. The van der Waals surface area contributed by atoms with Crippen molar-refractivity contribution in [1.29, 1.82) is 5.26 Å². The van der Waals surface area contributed by atoms with Gasteiger partial charge in [0, 0.05) is 11.5 Å². The molecule has 0 saturated heterocycles. The van der Waals surface area contributed by atoms with Gasteiger partial charge in [-0.1, -0.05) is 18.2 Å². The molecule has 0 atom stereocenters. The summed E-state index contributed by atoms with van der Waals surface area (Å²) in [5, 5.41) is 9.07. The van der Waals surface area contributed by atoms with Crippen molar-refractivity contribution in [2.75, 3.05) is 0 Å². The van der Waals surface area contributed by atoms with Gasteiger partial charge in [-0.15, -0.1) is 0 Å². The van der Waals surface area contributed by atoms with Gasteiger partial charge in [-0.3, -0.25) is 0 Å². The van der Waals surface area contributed by atoms with Gasteiger partial charge in [0.05, 0.1) is 11.0 Å². The Morgan fingerprint density at radius 2 is 1.85 bits per heavy atom. The molecule has 0 radical (unpaired) electrons. The minimum atomic E-state index is -3.43. The molecule has 3 nitrogen and oxygen atoms in total. The summed E-state index contributed by atoms with van der Waals surface area (Å²) >= 11 is 0. The van der Waals surface area contributed by atoms with Crippen LogP contribution in [0.1, 0.15) is 0 Å². The van der Waals surface area contributed by atoms with Crippen LogP contribution >= 0.6 is 0 Å². The van der Waals surface area contributed by atoms with Crippen molar-refractivity contribution in [3.8, 4) is 6.07 Å². The number of nitriles is 1. The topological polar surface area (TPSA) is 57.9 Å². The highest BCUT2D eigenvalue weighted by Gasteiger charge is 2.07. The SMILES string of the molecule is N#C/C=C/S(=O)(=O)c1ccccc1. The summed E-state index contributed by atoms with van der Waals surface area (Å²) < 4.78 is 22.7. The molecular weight excluding hydrogens is 186 g/mol. The second-order valence-electron chi connectivity index (χ2n) is 2.29. The summed E-state index contributed by atoms with van der Waals surface area (Å²) in [5.41, 5.74) is 0. The van der Waals surface area contributed by atoms with Crippen LogP contribution in [0.4, 0.5) is 0 Å². The van der Waals surface area contributed by atoms with E-state index in [1.807, 2.05) is 0 Å². The highest BCUT2D eigenvalue weighted by Crippen LogP contribution is 2.10. The van der Waals surface area contributed by atoms with Gasteiger partial charge >= 0.3 is 0 Å². The molecule has 13 heavy (non-hydrogen) atoms. The molecule has 1 aromatic rings. The van der Waals surface area contributed by atoms with Crippen molar-refractivity contribution in [2.45, 2.75) is 4.90 Å². The fourth-order valence-electron chi connectivity index (χ4n) is 0.809. The number of nitrogens with zero attached hydrogens (tertiary/aromatic N) is 1. The Bertz CT molecular complexity index is 440. The molecule has 1 rings (SSSR count). The van der Waals surface area contributed by atoms with Crippen molar-refractivity contribution in [3.63, 3.8) is 0 Å². The van der Waals surface area contributed by atoms with E-state index < -0.39 is 9.84 Å². The van der Waals surface area contributed by atoms with Gasteiger partial charge < -0.3 is 0 Å². The van der Waals surface area contributed by atoms with Crippen molar-refractivity contribution in [2.24, 2.45) is 0 Å². The second-order valence-corrected chi connectivity index (χ2v) is 4.12. The Morgan fingerprint density at radius 3 is 2.38 bits per heavy atom. The lowest BCUT2D eigenvalue weighted by Gasteiger charge is -1.95. The van der Waals surface area contributed by atoms with Gasteiger partial charge in [-0.05, 0) is 12.1 Å². The van der Waals surface area contributed by atoms with E-state index in [0.29, 0.717) is 0 Å². The number of hydrogen-bond acceptors (Lipinski definition) is 3. The van der Waals surface area contributed by atoms with Crippen LogP contribution in [0.15, 0.2) is 46.7 Å². The number of benzene rings is 1. The molecule has 66 valence electrons. The van der Waals surface area contributed by atoms with E-state index in [1.54, 1.807) is 24.3 Å². The Balaban J connectivity index is 3.11. The molecule has 0 fully saturated rings. The van der Waals surface area contributed by atoms with Crippen molar-refractivity contribution < 1.29 is 8.42 Å². The zero-order valence-electron chi connectivity index (χ0n) is 6.71. The summed E-state index contributed by atoms with van der Waals surface area (Å²) in [6, 6.07) is 9.59. The van der Waals surface area contributed by atoms with Gasteiger partial charge in [-0.25, -0.2) is 8.42 Å². The smallest absolute Gasteiger partial charge is 0.200 e. The summed E-state index contributed by atoms with van der Waals surface area (Å²) in [6.07, 6.45) is 0.947. The molecule has 0 saturated carbocycles. The fourth-order valence-corrected chi connectivity index (χ4v) is 1.74. The highest BCUT2D eigenvalue weighted by atomic mass is 32.2. The van der Waals surface area contributed by atoms with Gasteiger partial charge in [0.2, 0.25) is 9.84 Å². The first-order valence-electron chi connectivity index (χ1n) is 3.53. The van der Waals surface area contributed by atoms with Crippen molar-refractivity contribution in [1.82, 2.24) is 0 Å². The van der Waals surface area contributed by atoms with Crippen LogP contribution in [0.3, 0.4) is 0 Å². The monoisotopic (exact) mass is 193 g/mol. The van der Waals surface area contributed by atoms with E-state index in [-0.39, 0.29) is 4.90 Å². The van der Waals surface area contributed by atoms with Crippen molar-refractivity contribution in [3.05, 3.63) is 41.8 Å². The lowest BCUT2D eigenvalue weighted by molar-refractivity contribution is 0.604. The average Bonchev–Trinajstić information content (AvgIpc) is 2.16. The number of rotatable bonds is 2. The minimum absolute atomic E-state index is 0.196. The van der Waals surface area contributed by atoms with E-state index in [1.165, 1.54) is 12.1 Å². The van der Waals surface area contributed by atoms with Crippen LogP contribution in [-0.2, 0) is 9.84 Å². The van der Waals surface area contributed by atoms with Crippen LogP contribution in [0, 0.1) is 11.3 Å². The molecule has 0 spiro atoms. The van der Waals surface area contributed by atoms with Crippen LogP contribution in [0.5, 0.6) is 0 Å². The van der Waals surface area contributed by atoms with Crippen molar-refractivity contribution >= 4 is 9.84 Å². The number of hydrogen-bond donors (Lipinski definition) is 0. The maximum Gasteiger partial charge on any atom is 0.200 e. The fraction of sp³-hybridized carbons (Fsp3) is 0. The van der Waals surface area contributed by atoms with E-state index in [2.05, 4.69) is 0 Å². The molecule has 0 aliphatic carbocycles. The molecule has 0 heterocycles. The van der Waals surface area contributed by atoms with Crippen LogP contribution in [0.25, 0.3) is 0 Å². The van der Waals surface area contributed by atoms with Gasteiger partial charge in [0.1, 0.15) is 0 Å². The van der Waals surface area contributed by atoms with Crippen LogP contribution in [-0.4, -0.2) is 8.42 Å². The zero-order valence-corrected chi connectivity index (χ0v) is 7.53. The third kappa shape index (κ3) is 2.42. The first-order chi connectivity index (χ1) is 6.17. The largest absolute Gasteiger partial charge is 0.219 e. The van der Waals surface area contributed by atoms with Gasteiger partial charge in [-0.2, -0.15) is 5.26 Å². The van der Waals surface area contributed by atoms with E-state index >= 15 is 0 Å². The predicted octanol–water partition coefficient (Wildman–Crippen LogP) is 1.50.